The van der Waals surface area contributed by atoms with E-state index < -0.39 is 0 Å². The minimum Gasteiger partial charge on any atom is -0.376 e. The van der Waals surface area contributed by atoms with E-state index in [-0.39, 0.29) is 12.0 Å². The fraction of sp³-hybridized carbons (Fsp3) is 0.524. The summed E-state index contributed by atoms with van der Waals surface area (Å²) in [6, 6.07) is 10.3. The topological polar surface area (TPSA) is 56.2 Å². The average molecular weight is 388 g/mol. The summed E-state index contributed by atoms with van der Waals surface area (Å²) in [6.45, 7) is 6.67. The number of imidazole rings is 1. The van der Waals surface area contributed by atoms with Crippen molar-refractivity contribution in [2.45, 2.75) is 50.9 Å². The first-order valence-electron chi connectivity index (χ1n) is 9.75. The van der Waals surface area contributed by atoms with Crippen LogP contribution in [0.2, 0.25) is 0 Å². The normalized spacial score (nSPS) is 16.8. The zero-order valence-electron chi connectivity index (χ0n) is 16.2. The molecular formula is C21H29N3O2S. The van der Waals surface area contributed by atoms with E-state index in [4.69, 9.17) is 4.74 Å². The predicted molar refractivity (Wildman–Crippen MR) is 110 cm³/mol. The van der Waals surface area contributed by atoms with Gasteiger partial charge in [0.1, 0.15) is 0 Å². The van der Waals surface area contributed by atoms with Crippen molar-refractivity contribution in [1.29, 1.82) is 0 Å². The summed E-state index contributed by atoms with van der Waals surface area (Å²) < 4.78 is 8.04. The molecule has 1 aliphatic rings. The summed E-state index contributed by atoms with van der Waals surface area (Å²) in [5.41, 5.74) is 2.21. The van der Waals surface area contributed by atoms with Gasteiger partial charge in [-0.2, -0.15) is 0 Å². The number of carbonyl (C=O) groups is 1. The lowest BCUT2D eigenvalue weighted by atomic mass is 10.1. The number of thioether (sulfide) groups is 1. The van der Waals surface area contributed by atoms with Crippen LogP contribution in [0.3, 0.4) is 0 Å². The number of ether oxygens (including phenoxy) is 1. The molecule has 1 aromatic heterocycles. The largest absolute Gasteiger partial charge is 0.376 e. The quantitative estimate of drug-likeness (QED) is 0.661. The average Bonchev–Trinajstić information content (AvgIpc) is 3.31. The zero-order valence-corrected chi connectivity index (χ0v) is 17.0. The molecule has 2 heterocycles. The maximum Gasteiger partial charge on any atom is 0.230 e. The summed E-state index contributed by atoms with van der Waals surface area (Å²) in [5, 5.41) is 3.87. The van der Waals surface area contributed by atoms with Gasteiger partial charge in [-0.3, -0.25) is 4.79 Å². The van der Waals surface area contributed by atoms with E-state index in [1.807, 2.05) is 24.4 Å². The van der Waals surface area contributed by atoms with Crippen LogP contribution in [-0.4, -0.2) is 40.5 Å². The molecule has 1 aliphatic heterocycles. The number of amides is 1. The van der Waals surface area contributed by atoms with Crippen LogP contribution in [0.4, 0.5) is 0 Å². The molecule has 0 aliphatic carbocycles. The fourth-order valence-corrected chi connectivity index (χ4v) is 3.98. The number of hydrogen-bond donors (Lipinski definition) is 1. The number of aromatic nitrogens is 2. The Labute approximate surface area is 165 Å². The molecule has 27 heavy (non-hydrogen) atoms. The van der Waals surface area contributed by atoms with E-state index in [2.05, 4.69) is 40.8 Å². The van der Waals surface area contributed by atoms with E-state index in [0.29, 0.717) is 11.7 Å². The molecule has 0 spiro atoms. The Morgan fingerprint density at radius 2 is 2.19 bits per heavy atom. The molecule has 146 valence electrons. The molecule has 5 nitrogen and oxygen atoms in total. The van der Waals surface area contributed by atoms with Gasteiger partial charge in [-0.15, -0.1) is 0 Å². The minimum absolute atomic E-state index is 0.0635. The van der Waals surface area contributed by atoms with Gasteiger partial charge >= 0.3 is 0 Å². The van der Waals surface area contributed by atoms with Crippen molar-refractivity contribution in [3.8, 4) is 11.3 Å². The molecule has 0 bridgehead atoms. The summed E-state index contributed by atoms with van der Waals surface area (Å²) in [6.07, 6.45) is 5.32. The third kappa shape index (κ3) is 5.84. The second-order valence-electron chi connectivity index (χ2n) is 7.36. The smallest absolute Gasteiger partial charge is 0.230 e. The highest BCUT2D eigenvalue weighted by Crippen LogP contribution is 2.28. The van der Waals surface area contributed by atoms with Crippen LogP contribution < -0.4 is 5.32 Å². The minimum atomic E-state index is 0.0635. The van der Waals surface area contributed by atoms with Crippen LogP contribution in [0.15, 0.2) is 41.7 Å². The Balaban J connectivity index is 1.68. The van der Waals surface area contributed by atoms with Gasteiger partial charge in [-0.1, -0.05) is 55.9 Å². The first-order valence-corrected chi connectivity index (χ1v) is 10.7. The lowest BCUT2D eigenvalue weighted by Crippen LogP contribution is -2.27. The first kappa shape index (κ1) is 20.0. The van der Waals surface area contributed by atoms with Crippen molar-refractivity contribution in [3.05, 3.63) is 36.5 Å². The Bertz CT molecular complexity index is 724. The van der Waals surface area contributed by atoms with Gasteiger partial charge in [0.05, 0.1) is 30.3 Å². The van der Waals surface area contributed by atoms with E-state index >= 15 is 0 Å². The number of carbonyl (C=O) groups excluding carboxylic acids is 1. The fourth-order valence-electron chi connectivity index (χ4n) is 3.16. The van der Waals surface area contributed by atoms with Crippen molar-refractivity contribution < 1.29 is 9.53 Å². The molecular weight excluding hydrogens is 358 g/mol. The highest BCUT2D eigenvalue weighted by atomic mass is 32.2. The van der Waals surface area contributed by atoms with Crippen LogP contribution in [0.5, 0.6) is 0 Å². The summed E-state index contributed by atoms with van der Waals surface area (Å²) in [7, 11) is 0. The Kier molecular flexibility index (Phi) is 7.35. The number of nitrogens with one attached hydrogen (secondary N) is 1. The van der Waals surface area contributed by atoms with Gasteiger partial charge in [0.15, 0.2) is 5.16 Å². The van der Waals surface area contributed by atoms with E-state index in [1.165, 1.54) is 11.8 Å². The van der Waals surface area contributed by atoms with E-state index in [0.717, 1.165) is 55.4 Å². The van der Waals surface area contributed by atoms with Gasteiger partial charge in [0, 0.05) is 13.2 Å². The van der Waals surface area contributed by atoms with Crippen molar-refractivity contribution in [2.75, 3.05) is 18.9 Å². The van der Waals surface area contributed by atoms with Crippen LogP contribution >= 0.6 is 11.8 Å². The summed E-state index contributed by atoms with van der Waals surface area (Å²) in [5.74, 6) is 1.04. The maximum absolute atomic E-state index is 12.1. The van der Waals surface area contributed by atoms with E-state index in [1.54, 1.807) is 0 Å². The second-order valence-corrected chi connectivity index (χ2v) is 8.30. The SMILES string of the molecule is CC(C)CCNC(=O)CSc1ncc(-c2ccccc2)n1C[C@H]1CCCO1. The molecule has 3 rings (SSSR count). The van der Waals surface area contributed by atoms with Gasteiger partial charge < -0.3 is 14.6 Å². The van der Waals surface area contributed by atoms with Crippen molar-refractivity contribution >= 4 is 17.7 Å². The molecule has 0 unspecified atom stereocenters. The van der Waals surface area contributed by atoms with Crippen LogP contribution in [0.25, 0.3) is 11.3 Å². The molecule has 0 radical (unpaired) electrons. The molecule has 6 heteroatoms. The predicted octanol–water partition coefficient (Wildman–Crippen LogP) is 3.98. The molecule has 1 amide bonds. The first-order chi connectivity index (χ1) is 13.1. The van der Waals surface area contributed by atoms with Crippen LogP contribution in [-0.2, 0) is 16.1 Å². The number of rotatable bonds is 9. The van der Waals surface area contributed by atoms with Gasteiger partial charge in [0.25, 0.3) is 0 Å². The Hall–Kier alpha value is -1.79. The Morgan fingerprint density at radius 1 is 1.37 bits per heavy atom. The van der Waals surface area contributed by atoms with Crippen molar-refractivity contribution in [3.63, 3.8) is 0 Å². The third-order valence-corrected chi connectivity index (χ3v) is 5.67. The maximum atomic E-state index is 12.1. The number of hydrogen-bond acceptors (Lipinski definition) is 4. The molecule has 2 aromatic rings. The number of nitrogens with zero attached hydrogens (tertiary/aromatic N) is 2. The number of benzene rings is 1. The lowest BCUT2D eigenvalue weighted by molar-refractivity contribution is -0.118. The van der Waals surface area contributed by atoms with Gasteiger partial charge in [-0.05, 0) is 30.7 Å². The highest BCUT2D eigenvalue weighted by Gasteiger charge is 2.21. The summed E-state index contributed by atoms with van der Waals surface area (Å²) >= 11 is 1.50. The second kappa shape index (κ2) is 9.95. The van der Waals surface area contributed by atoms with Crippen LogP contribution in [0, 0.1) is 5.92 Å². The van der Waals surface area contributed by atoms with Crippen molar-refractivity contribution in [2.24, 2.45) is 5.92 Å². The standard InChI is InChI=1S/C21H29N3O2S/c1-16(2)10-11-22-20(25)15-27-21-23-13-19(17-7-4-3-5-8-17)24(21)14-18-9-6-12-26-18/h3-5,7-8,13,16,18H,6,9-12,14-15H2,1-2H3,(H,22,25)/t18-/m1/s1. The van der Waals surface area contributed by atoms with Gasteiger partial charge in [0.2, 0.25) is 5.91 Å². The van der Waals surface area contributed by atoms with Crippen LogP contribution in [0.1, 0.15) is 33.1 Å². The molecule has 1 N–H and O–H groups in total. The lowest BCUT2D eigenvalue weighted by Gasteiger charge is -2.16. The molecule has 1 atom stereocenters. The monoisotopic (exact) mass is 387 g/mol. The zero-order chi connectivity index (χ0) is 19.1. The van der Waals surface area contributed by atoms with Gasteiger partial charge in [-0.25, -0.2) is 4.98 Å². The molecule has 1 aromatic carbocycles. The van der Waals surface area contributed by atoms with E-state index in [9.17, 15) is 4.79 Å². The molecule has 1 fully saturated rings. The Morgan fingerprint density at radius 3 is 2.89 bits per heavy atom. The highest BCUT2D eigenvalue weighted by molar-refractivity contribution is 7.99. The molecule has 0 saturated carbocycles. The third-order valence-electron chi connectivity index (χ3n) is 4.67. The molecule has 1 saturated heterocycles. The van der Waals surface area contributed by atoms with Crippen molar-refractivity contribution in [1.82, 2.24) is 14.9 Å². The summed E-state index contributed by atoms with van der Waals surface area (Å²) in [4.78, 5) is 16.7.